The molecule has 31 heavy (non-hydrogen) atoms. The van der Waals surface area contributed by atoms with Gasteiger partial charge in [0.25, 0.3) is 5.56 Å². The normalized spacial score (nSPS) is 22.7. The fourth-order valence-corrected chi connectivity index (χ4v) is 5.48. The van der Waals surface area contributed by atoms with Crippen LogP contribution in [-0.2, 0) is 24.4 Å². The maximum absolute atomic E-state index is 13.3. The number of rotatable bonds is 5. The molecule has 3 aliphatic rings. The Kier molecular flexibility index (Phi) is 5.48. The number of hydrogen-bond donors (Lipinski definition) is 0. The van der Waals surface area contributed by atoms with Gasteiger partial charge in [-0.1, -0.05) is 24.3 Å². The van der Waals surface area contributed by atoms with E-state index in [-0.39, 0.29) is 17.4 Å². The number of hydrogen-bond acceptors (Lipinski definition) is 4. The van der Waals surface area contributed by atoms with Crippen molar-refractivity contribution in [2.75, 3.05) is 20.1 Å². The summed E-state index contributed by atoms with van der Waals surface area (Å²) in [7, 11) is 2.02. The highest BCUT2D eigenvalue weighted by atomic mass is 16.2. The molecule has 162 valence electrons. The Morgan fingerprint density at radius 1 is 1.10 bits per heavy atom. The predicted octanol–water partition coefficient (Wildman–Crippen LogP) is 2.79. The molecule has 0 radical (unpaired) electrons. The lowest BCUT2D eigenvalue weighted by atomic mass is 9.82. The van der Waals surface area contributed by atoms with E-state index in [1.54, 1.807) is 6.20 Å². The van der Waals surface area contributed by atoms with E-state index >= 15 is 0 Å². The second-order valence-electron chi connectivity index (χ2n) is 9.37. The fourth-order valence-electron chi connectivity index (χ4n) is 5.48. The van der Waals surface area contributed by atoms with Crippen LogP contribution in [0.2, 0.25) is 0 Å². The highest BCUT2D eigenvalue weighted by molar-refractivity contribution is 5.80. The maximum atomic E-state index is 13.3. The number of aromatic nitrogens is 2. The maximum Gasteiger partial charge on any atom is 0.255 e. The molecule has 0 unspecified atom stereocenters. The van der Waals surface area contributed by atoms with Crippen molar-refractivity contribution in [1.82, 2.24) is 19.4 Å². The van der Waals surface area contributed by atoms with Gasteiger partial charge in [-0.15, -0.1) is 0 Å². The number of amides is 1. The number of carbonyl (C=O) groups is 1. The number of likely N-dealkylation sites (tertiary alicyclic amines) is 1. The van der Waals surface area contributed by atoms with Gasteiger partial charge in [0, 0.05) is 62.0 Å². The van der Waals surface area contributed by atoms with Crippen molar-refractivity contribution in [3.63, 3.8) is 0 Å². The van der Waals surface area contributed by atoms with E-state index in [1.165, 1.54) is 0 Å². The number of fused-ring (bicyclic) bond motifs is 4. The number of nitrogens with zero attached hydrogens (tertiary/aromatic N) is 4. The molecule has 2 aromatic rings. The molecule has 1 saturated heterocycles. The third-order valence-corrected chi connectivity index (χ3v) is 6.95. The standard InChI is InChI=1S/C25H30N4O2/c1-27(17-22-8-4-5-11-26-22)15-20-9-10-23-21-12-18(14-29(23)25(20)31)13-28(16-21)24(30)19-6-2-3-7-19/h2-5,8-11,18-19,21H,6-7,12-17H2,1H3/t18-,21+/m0/s1. The summed E-state index contributed by atoms with van der Waals surface area (Å²) in [6.07, 6.45) is 8.85. The zero-order valence-corrected chi connectivity index (χ0v) is 18.1. The van der Waals surface area contributed by atoms with Gasteiger partial charge in [-0.2, -0.15) is 0 Å². The molecule has 2 aliphatic heterocycles. The third kappa shape index (κ3) is 4.09. The van der Waals surface area contributed by atoms with Crippen LogP contribution >= 0.6 is 0 Å². The Morgan fingerprint density at radius 3 is 2.71 bits per heavy atom. The summed E-state index contributed by atoms with van der Waals surface area (Å²) in [6.45, 7) is 3.55. The summed E-state index contributed by atoms with van der Waals surface area (Å²) in [4.78, 5) is 34.8. The average Bonchev–Trinajstić information content (AvgIpc) is 3.31. The molecule has 6 nitrogen and oxygen atoms in total. The molecule has 0 aromatic carbocycles. The van der Waals surface area contributed by atoms with Gasteiger partial charge in [0.2, 0.25) is 5.91 Å². The molecular weight excluding hydrogens is 388 g/mol. The van der Waals surface area contributed by atoms with Crippen molar-refractivity contribution < 1.29 is 4.79 Å². The van der Waals surface area contributed by atoms with Crippen molar-refractivity contribution in [3.05, 3.63) is 76.0 Å². The van der Waals surface area contributed by atoms with Crippen molar-refractivity contribution in [2.45, 2.75) is 44.8 Å². The largest absolute Gasteiger partial charge is 0.341 e. The molecule has 4 heterocycles. The highest BCUT2D eigenvalue weighted by Gasteiger charge is 2.38. The number of carbonyl (C=O) groups excluding carboxylic acids is 1. The van der Waals surface area contributed by atoms with Crippen LogP contribution in [-0.4, -0.2) is 45.4 Å². The molecule has 5 rings (SSSR count). The molecule has 0 N–H and O–H groups in total. The van der Waals surface area contributed by atoms with Gasteiger partial charge in [-0.05, 0) is 50.4 Å². The van der Waals surface area contributed by atoms with Crippen LogP contribution in [0.4, 0.5) is 0 Å². The minimum Gasteiger partial charge on any atom is -0.341 e. The summed E-state index contributed by atoms with van der Waals surface area (Å²) in [6, 6.07) is 10.0. The molecule has 2 atom stereocenters. The quantitative estimate of drug-likeness (QED) is 0.701. The van der Waals surface area contributed by atoms with Crippen LogP contribution in [0.3, 0.4) is 0 Å². The zero-order valence-electron chi connectivity index (χ0n) is 18.1. The Hall–Kier alpha value is -2.73. The third-order valence-electron chi connectivity index (χ3n) is 6.95. The van der Waals surface area contributed by atoms with Crippen LogP contribution in [0.15, 0.2) is 53.5 Å². The SMILES string of the molecule is CN(Cc1ccccn1)Cc1ccc2n(c1=O)C[C@H]1C[C@@H]2CN(C(=O)C2CC=CC2)C1. The summed E-state index contributed by atoms with van der Waals surface area (Å²) >= 11 is 0. The Labute approximate surface area is 183 Å². The molecule has 0 saturated carbocycles. The lowest BCUT2D eigenvalue weighted by molar-refractivity contribution is -0.138. The topological polar surface area (TPSA) is 58.4 Å². The number of pyridine rings is 2. The molecule has 0 spiro atoms. The molecule has 1 aliphatic carbocycles. The predicted molar refractivity (Wildman–Crippen MR) is 119 cm³/mol. The lowest BCUT2D eigenvalue weighted by Crippen LogP contribution is -2.50. The van der Waals surface area contributed by atoms with Crippen molar-refractivity contribution in [3.8, 4) is 0 Å². The summed E-state index contributed by atoms with van der Waals surface area (Å²) in [5.41, 5.74) is 3.05. The fraction of sp³-hybridized carbons (Fsp3) is 0.480. The van der Waals surface area contributed by atoms with Crippen molar-refractivity contribution >= 4 is 5.91 Å². The van der Waals surface area contributed by atoms with Crippen LogP contribution in [0.25, 0.3) is 0 Å². The average molecular weight is 419 g/mol. The van der Waals surface area contributed by atoms with Gasteiger partial charge in [-0.25, -0.2) is 0 Å². The zero-order chi connectivity index (χ0) is 21.4. The smallest absolute Gasteiger partial charge is 0.255 e. The Balaban J connectivity index is 1.31. The summed E-state index contributed by atoms with van der Waals surface area (Å²) < 4.78 is 1.99. The van der Waals surface area contributed by atoms with Gasteiger partial charge in [0.1, 0.15) is 0 Å². The number of allylic oxidation sites excluding steroid dienone is 2. The molecule has 6 heteroatoms. The van der Waals surface area contributed by atoms with E-state index in [9.17, 15) is 9.59 Å². The second-order valence-corrected chi connectivity index (χ2v) is 9.37. The highest BCUT2D eigenvalue weighted by Crippen LogP contribution is 2.36. The van der Waals surface area contributed by atoms with E-state index in [1.807, 2.05) is 35.9 Å². The van der Waals surface area contributed by atoms with Gasteiger partial charge in [-0.3, -0.25) is 19.5 Å². The summed E-state index contributed by atoms with van der Waals surface area (Å²) in [5, 5.41) is 0. The van der Waals surface area contributed by atoms with Crippen LogP contribution in [0.1, 0.15) is 42.1 Å². The van der Waals surface area contributed by atoms with E-state index in [4.69, 9.17) is 0 Å². The van der Waals surface area contributed by atoms with E-state index < -0.39 is 0 Å². The van der Waals surface area contributed by atoms with Crippen LogP contribution in [0, 0.1) is 11.8 Å². The minimum absolute atomic E-state index is 0.123. The van der Waals surface area contributed by atoms with E-state index in [0.29, 0.717) is 24.9 Å². The second kappa shape index (κ2) is 8.42. The first-order valence-electron chi connectivity index (χ1n) is 11.3. The van der Waals surface area contributed by atoms with Gasteiger partial charge < -0.3 is 9.47 Å². The van der Waals surface area contributed by atoms with E-state index in [0.717, 1.165) is 55.8 Å². The lowest BCUT2D eigenvalue weighted by Gasteiger charge is -2.43. The van der Waals surface area contributed by atoms with E-state index in [2.05, 4.69) is 33.0 Å². The molecule has 1 fully saturated rings. The Bertz CT molecular complexity index is 1040. The van der Waals surface area contributed by atoms with Gasteiger partial charge in [0.15, 0.2) is 0 Å². The molecule has 2 aromatic heterocycles. The minimum atomic E-state index is 0.123. The number of piperidine rings is 1. The first-order valence-corrected chi connectivity index (χ1v) is 11.3. The Morgan fingerprint density at radius 2 is 1.94 bits per heavy atom. The summed E-state index contributed by atoms with van der Waals surface area (Å²) in [5.74, 6) is 1.05. The van der Waals surface area contributed by atoms with Crippen LogP contribution in [0.5, 0.6) is 0 Å². The van der Waals surface area contributed by atoms with Gasteiger partial charge >= 0.3 is 0 Å². The van der Waals surface area contributed by atoms with Gasteiger partial charge in [0.05, 0.1) is 5.69 Å². The van der Waals surface area contributed by atoms with Crippen LogP contribution < -0.4 is 5.56 Å². The first-order chi connectivity index (χ1) is 15.1. The molecular formula is C25H30N4O2. The molecule has 2 bridgehead atoms. The first kappa shape index (κ1) is 20.2. The molecule has 1 amide bonds. The van der Waals surface area contributed by atoms with Crippen molar-refractivity contribution in [1.29, 1.82) is 0 Å². The monoisotopic (exact) mass is 418 g/mol. The van der Waals surface area contributed by atoms with Crippen molar-refractivity contribution in [2.24, 2.45) is 11.8 Å².